The Labute approximate surface area is 103 Å². The molecule has 0 saturated carbocycles. The summed E-state index contributed by atoms with van der Waals surface area (Å²) in [7, 11) is -4.56. The molecule has 0 bridgehead atoms. The van der Waals surface area contributed by atoms with Gasteiger partial charge in [0.2, 0.25) is 5.24 Å². The van der Waals surface area contributed by atoms with Crippen molar-refractivity contribution in [2.45, 2.75) is 11.7 Å². The number of fused-ring (bicyclic) bond motifs is 1. The van der Waals surface area contributed by atoms with Gasteiger partial charge >= 0.3 is 0 Å². The Morgan fingerprint density at radius 2 is 2.18 bits per heavy atom. The van der Waals surface area contributed by atoms with Crippen LogP contribution < -0.4 is 4.74 Å². The van der Waals surface area contributed by atoms with E-state index in [9.17, 15) is 13.2 Å². The SMILES string of the molecule is O=C(Cl)C(c1ccc2c(c1)CCO2)S(=O)(=O)O. The molecule has 0 fully saturated rings. The van der Waals surface area contributed by atoms with Crippen molar-refractivity contribution in [1.29, 1.82) is 0 Å². The van der Waals surface area contributed by atoms with Gasteiger partial charge < -0.3 is 4.74 Å². The van der Waals surface area contributed by atoms with E-state index in [1.807, 2.05) is 0 Å². The number of carbonyl (C=O) groups excluding carboxylic acids is 1. The van der Waals surface area contributed by atoms with E-state index in [-0.39, 0.29) is 5.56 Å². The predicted octanol–water partition coefficient (Wildman–Crippen LogP) is 1.32. The first-order valence-corrected chi connectivity index (χ1v) is 6.69. The third kappa shape index (κ3) is 2.43. The van der Waals surface area contributed by atoms with E-state index in [0.717, 1.165) is 5.56 Å². The Kier molecular flexibility index (Phi) is 3.11. The van der Waals surface area contributed by atoms with Crippen LogP contribution in [0.25, 0.3) is 0 Å². The van der Waals surface area contributed by atoms with E-state index < -0.39 is 20.6 Å². The molecule has 0 amide bonds. The van der Waals surface area contributed by atoms with Gasteiger partial charge in [0.1, 0.15) is 5.75 Å². The van der Waals surface area contributed by atoms with Gasteiger partial charge in [0, 0.05) is 6.42 Å². The van der Waals surface area contributed by atoms with Crippen molar-refractivity contribution in [2.24, 2.45) is 0 Å². The molecule has 5 nitrogen and oxygen atoms in total. The smallest absolute Gasteiger partial charge is 0.280 e. The van der Waals surface area contributed by atoms with Gasteiger partial charge in [-0.3, -0.25) is 9.35 Å². The van der Waals surface area contributed by atoms with Crippen LogP contribution in [0.1, 0.15) is 16.4 Å². The summed E-state index contributed by atoms with van der Waals surface area (Å²) in [4.78, 5) is 11.1. The van der Waals surface area contributed by atoms with Crippen molar-refractivity contribution in [2.75, 3.05) is 6.61 Å². The number of benzene rings is 1. The first-order valence-electron chi connectivity index (χ1n) is 4.81. The van der Waals surface area contributed by atoms with Crippen molar-refractivity contribution >= 4 is 27.0 Å². The highest BCUT2D eigenvalue weighted by Crippen LogP contribution is 2.31. The van der Waals surface area contributed by atoms with Crippen LogP contribution in [-0.2, 0) is 21.3 Å². The second kappa shape index (κ2) is 4.29. The van der Waals surface area contributed by atoms with Gasteiger partial charge in [-0.25, -0.2) is 0 Å². The van der Waals surface area contributed by atoms with Crippen LogP contribution in [0.3, 0.4) is 0 Å². The maximum Gasteiger partial charge on any atom is 0.280 e. The fourth-order valence-corrected chi connectivity index (χ4v) is 2.98. The lowest BCUT2D eigenvalue weighted by Crippen LogP contribution is -2.18. The number of hydrogen-bond donors (Lipinski definition) is 1. The zero-order valence-electron chi connectivity index (χ0n) is 8.59. The Hall–Kier alpha value is -1.11. The average Bonchev–Trinajstić information content (AvgIpc) is 2.61. The lowest BCUT2D eigenvalue weighted by atomic mass is 10.1. The number of halogens is 1. The zero-order chi connectivity index (χ0) is 12.6. The summed E-state index contributed by atoms with van der Waals surface area (Å²) >= 11 is 5.20. The fourth-order valence-electron chi connectivity index (χ4n) is 1.79. The van der Waals surface area contributed by atoms with E-state index in [4.69, 9.17) is 20.9 Å². The monoisotopic (exact) mass is 276 g/mol. The molecule has 2 rings (SSSR count). The minimum atomic E-state index is -4.56. The Balaban J connectivity index is 2.48. The van der Waals surface area contributed by atoms with E-state index in [1.165, 1.54) is 12.1 Å². The maximum atomic E-state index is 11.1. The molecule has 1 heterocycles. The highest BCUT2D eigenvalue weighted by Gasteiger charge is 2.32. The second-order valence-corrected chi connectivity index (χ2v) is 5.54. The molecule has 0 aliphatic carbocycles. The van der Waals surface area contributed by atoms with Crippen LogP contribution >= 0.6 is 11.6 Å². The first kappa shape index (κ1) is 12.3. The van der Waals surface area contributed by atoms with Gasteiger partial charge in [-0.05, 0) is 28.8 Å². The largest absolute Gasteiger partial charge is 0.493 e. The molecule has 1 aliphatic heterocycles. The van der Waals surface area contributed by atoms with Crippen LogP contribution in [0, 0.1) is 0 Å². The van der Waals surface area contributed by atoms with Gasteiger partial charge in [0.05, 0.1) is 6.61 Å². The molecular formula is C10H9ClO5S. The molecule has 7 heteroatoms. The van der Waals surface area contributed by atoms with Crippen LogP contribution in [0.4, 0.5) is 0 Å². The first-order chi connectivity index (χ1) is 7.89. The Morgan fingerprint density at radius 3 is 2.76 bits per heavy atom. The van der Waals surface area contributed by atoms with Crippen LogP contribution in [0.5, 0.6) is 5.75 Å². The average molecular weight is 277 g/mol. The standard InChI is InChI=1S/C10H9ClO5S/c11-10(12)9(17(13,14)15)7-1-2-8-6(5-7)3-4-16-8/h1-2,5,9H,3-4H2,(H,13,14,15). The molecule has 0 spiro atoms. The minimum absolute atomic E-state index is 0.150. The van der Waals surface area contributed by atoms with Crippen molar-refractivity contribution in [1.82, 2.24) is 0 Å². The third-order valence-corrected chi connectivity index (χ3v) is 3.95. The Bertz CT molecular complexity index is 566. The van der Waals surface area contributed by atoms with Gasteiger partial charge in [-0.2, -0.15) is 8.42 Å². The summed E-state index contributed by atoms with van der Waals surface area (Å²) in [5, 5.41) is -2.87. The third-order valence-electron chi connectivity index (χ3n) is 2.52. The Morgan fingerprint density at radius 1 is 1.47 bits per heavy atom. The summed E-state index contributed by atoms with van der Waals surface area (Å²) in [6, 6.07) is 4.49. The zero-order valence-corrected chi connectivity index (χ0v) is 10.2. The van der Waals surface area contributed by atoms with E-state index >= 15 is 0 Å². The summed E-state index contributed by atoms with van der Waals surface area (Å²) < 4.78 is 36.4. The lowest BCUT2D eigenvalue weighted by Gasteiger charge is -2.10. The molecule has 0 radical (unpaired) electrons. The van der Waals surface area contributed by atoms with E-state index in [0.29, 0.717) is 18.8 Å². The molecule has 1 atom stereocenters. The van der Waals surface area contributed by atoms with Gasteiger partial charge in [-0.1, -0.05) is 12.1 Å². The highest BCUT2D eigenvalue weighted by atomic mass is 35.5. The molecule has 0 saturated heterocycles. The van der Waals surface area contributed by atoms with Crippen molar-refractivity contribution in [3.8, 4) is 5.75 Å². The second-order valence-electron chi connectivity index (χ2n) is 3.66. The molecule has 1 N–H and O–H groups in total. The van der Waals surface area contributed by atoms with E-state index in [2.05, 4.69) is 0 Å². The van der Waals surface area contributed by atoms with Crippen molar-refractivity contribution in [3.05, 3.63) is 29.3 Å². The van der Waals surface area contributed by atoms with Gasteiger partial charge in [0.25, 0.3) is 10.1 Å². The summed E-state index contributed by atoms with van der Waals surface area (Å²) in [5.41, 5.74) is 0.950. The molecule has 17 heavy (non-hydrogen) atoms. The molecule has 1 aliphatic rings. The number of ether oxygens (including phenoxy) is 1. The van der Waals surface area contributed by atoms with Crippen molar-refractivity contribution < 1.29 is 22.5 Å². The molecular weight excluding hydrogens is 268 g/mol. The number of hydrogen-bond acceptors (Lipinski definition) is 4. The topological polar surface area (TPSA) is 80.7 Å². The molecule has 0 aromatic heterocycles. The van der Waals surface area contributed by atoms with Crippen LogP contribution in [0.2, 0.25) is 0 Å². The van der Waals surface area contributed by atoms with Crippen molar-refractivity contribution in [3.63, 3.8) is 0 Å². The normalized spacial score (nSPS) is 16.1. The quantitative estimate of drug-likeness (QED) is 0.665. The fraction of sp³-hybridized carbons (Fsp3) is 0.300. The number of carbonyl (C=O) groups is 1. The van der Waals surface area contributed by atoms with Gasteiger partial charge in [0.15, 0.2) is 5.25 Å². The molecule has 1 aromatic carbocycles. The lowest BCUT2D eigenvalue weighted by molar-refractivity contribution is -0.111. The molecule has 1 unspecified atom stereocenters. The maximum absolute atomic E-state index is 11.1. The summed E-state index contributed by atoms with van der Waals surface area (Å²) in [5.74, 6) is 0.657. The molecule has 92 valence electrons. The molecule has 1 aromatic rings. The van der Waals surface area contributed by atoms with Crippen LogP contribution in [-0.4, -0.2) is 24.8 Å². The number of rotatable bonds is 3. The summed E-state index contributed by atoms with van der Waals surface area (Å²) in [6.07, 6.45) is 0.637. The van der Waals surface area contributed by atoms with E-state index in [1.54, 1.807) is 6.07 Å². The van der Waals surface area contributed by atoms with Crippen LogP contribution in [0.15, 0.2) is 18.2 Å². The highest BCUT2D eigenvalue weighted by molar-refractivity contribution is 7.87. The minimum Gasteiger partial charge on any atom is -0.493 e. The van der Waals surface area contributed by atoms with Gasteiger partial charge in [-0.15, -0.1) is 0 Å². The summed E-state index contributed by atoms with van der Waals surface area (Å²) in [6.45, 7) is 0.518. The predicted molar refractivity (Wildman–Crippen MR) is 60.8 cm³/mol.